The zero-order valence-electron chi connectivity index (χ0n) is 11.8. The van der Waals surface area contributed by atoms with Crippen LogP contribution in [0.4, 0.5) is 0 Å². The van der Waals surface area contributed by atoms with Crippen molar-refractivity contribution in [2.75, 3.05) is 26.3 Å². The van der Waals surface area contributed by atoms with E-state index in [1.807, 2.05) is 11.0 Å². The number of rotatable bonds is 3. The maximum Gasteiger partial charge on any atom is 0.223 e. The Hall–Kier alpha value is -1.81. The maximum atomic E-state index is 12.2. The molecule has 2 heterocycles. The molecule has 1 fully saturated rings. The maximum absolute atomic E-state index is 12.2. The number of aromatic nitrogens is 1. The standard InChI is InChI=1S/C16H20N2O2/c1-17-12-13(14-4-2-3-5-15(14)17)6-7-16(19)18-8-10-20-11-9-18/h2-5,12H,6-11H2,1H3. The third-order valence-electron chi connectivity index (χ3n) is 3.95. The van der Waals surface area contributed by atoms with Crippen molar-refractivity contribution in [2.45, 2.75) is 12.8 Å². The molecule has 0 atom stereocenters. The molecule has 1 aromatic heterocycles. The van der Waals surface area contributed by atoms with Gasteiger partial charge in [-0.1, -0.05) is 18.2 Å². The molecule has 1 amide bonds. The average molecular weight is 272 g/mol. The van der Waals surface area contributed by atoms with Crippen molar-refractivity contribution in [3.05, 3.63) is 36.0 Å². The van der Waals surface area contributed by atoms with E-state index in [1.165, 1.54) is 16.5 Å². The van der Waals surface area contributed by atoms with Crippen molar-refractivity contribution < 1.29 is 9.53 Å². The van der Waals surface area contributed by atoms with E-state index in [1.54, 1.807) is 0 Å². The molecule has 0 N–H and O–H groups in total. The van der Waals surface area contributed by atoms with Crippen LogP contribution >= 0.6 is 0 Å². The fourth-order valence-electron chi connectivity index (χ4n) is 2.84. The number of morpholine rings is 1. The van der Waals surface area contributed by atoms with E-state index in [0.717, 1.165) is 19.5 Å². The van der Waals surface area contributed by atoms with Crippen LogP contribution in [0.15, 0.2) is 30.5 Å². The topological polar surface area (TPSA) is 34.5 Å². The molecular formula is C16H20N2O2. The second-order valence-corrected chi connectivity index (χ2v) is 5.28. The SMILES string of the molecule is Cn1cc(CCC(=O)N2CCOCC2)c2ccccc21. The molecule has 0 aliphatic carbocycles. The lowest BCUT2D eigenvalue weighted by molar-refractivity contribution is -0.135. The fourth-order valence-corrected chi connectivity index (χ4v) is 2.84. The first-order valence-corrected chi connectivity index (χ1v) is 7.14. The van der Waals surface area contributed by atoms with E-state index >= 15 is 0 Å². The third kappa shape index (κ3) is 2.56. The third-order valence-corrected chi connectivity index (χ3v) is 3.95. The van der Waals surface area contributed by atoms with Crippen LogP contribution in [0, 0.1) is 0 Å². The highest BCUT2D eigenvalue weighted by Gasteiger charge is 2.17. The number of carbonyl (C=O) groups is 1. The Morgan fingerprint density at radius 3 is 2.80 bits per heavy atom. The average Bonchev–Trinajstić information content (AvgIpc) is 2.83. The molecule has 1 saturated heterocycles. The largest absolute Gasteiger partial charge is 0.378 e. The van der Waals surface area contributed by atoms with Gasteiger partial charge in [-0.3, -0.25) is 4.79 Å². The second-order valence-electron chi connectivity index (χ2n) is 5.28. The molecule has 0 bridgehead atoms. The van der Waals surface area contributed by atoms with Crippen LogP contribution in [0.3, 0.4) is 0 Å². The minimum Gasteiger partial charge on any atom is -0.378 e. The van der Waals surface area contributed by atoms with E-state index in [-0.39, 0.29) is 5.91 Å². The van der Waals surface area contributed by atoms with Crippen molar-refractivity contribution in [1.82, 2.24) is 9.47 Å². The lowest BCUT2D eigenvalue weighted by Crippen LogP contribution is -2.40. The Balaban J connectivity index is 1.69. The van der Waals surface area contributed by atoms with E-state index in [2.05, 4.69) is 36.0 Å². The molecule has 106 valence electrons. The number of aryl methyl sites for hydroxylation is 2. The van der Waals surface area contributed by atoms with Gasteiger partial charge in [0.05, 0.1) is 13.2 Å². The van der Waals surface area contributed by atoms with Gasteiger partial charge in [-0.05, 0) is 18.1 Å². The van der Waals surface area contributed by atoms with Gasteiger partial charge in [0.15, 0.2) is 0 Å². The molecule has 0 spiro atoms. The predicted octanol–water partition coefficient (Wildman–Crippen LogP) is 1.97. The Labute approximate surface area is 118 Å². The molecule has 1 aliphatic heterocycles. The zero-order chi connectivity index (χ0) is 13.9. The van der Waals surface area contributed by atoms with Crippen LogP contribution in [-0.4, -0.2) is 41.7 Å². The molecule has 2 aromatic rings. The number of hydrogen-bond donors (Lipinski definition) is 0. The van der Waals surface area contributed by atoms with Crippen LogP contribution in [0.25, 0.3) is 10.9 Å². The van der Waals surface area contributed by atoms with E-state index in [9.17, 15) is 4.79 Å². The number of amides is 1. The second kappa shape index (κ2) is 5.67. The molecule has 0 unspecified atom stereocenters. The van der Waals surface area contributed by atoms with Crippen LogP contribution < -0.4 is 0 Å². The number of carbonyl (C=O) groups excluding carboxylic acids is 1. The lowest BCUT2D eigenvalue weighted by Gasteiger charge is -2.26. The molecule has 4 heteroatoms. The quantitative estimate of drug-likeness (QED) is 0.856. The van der Waals surface area contributed by atoms with Crippen molar-refractivity contribution in [3.8, 4) is 0 Å². The molecule has 3 rings (SSSR count). The molecule has 4 nitrogen and oxygen atoms in total. The molecule has 0 radical (unpaired) electrons. The number of fused-ring (bicyclic) bond motifs is 1. The van der Waals surface area contributed by atoms with E-state index in [4.69, 9.17) is 4.74 Å². The van der Waals surface area contributed by atoms with Crippen LogP contribution in [0.1, 0.15) is 12.0 Å². The van der Waals surface area contributed by atoms with Gasteiger partial charge in [-0.15, -0.1) is 0 Å². The first-order valence-electron chi connectivity index (χ1n) is 7.14. The first kappa shape index (κ1) is 13.2. The van der Waals surface area contributed by atoms with Gasteiger partial charge < -0.3 is 14.2 Å². The van der Waals surface area contributed by atoms with Crippen LogP contribution in [-0.2, 0) is 23.0 Å². The smallest absolute Gasteiger partial charge is 0.223 e. The lowest BCUT2D eigenvalue weighted by atomic mass is 10.1. The van der Waals surface area contributed by atoms with Crippen LogP contribution in [0.2, 0.25) is 0 Å². The summed E-state index contributed by atoms with van der Waals surface area (Å²) in [5, 5.41) is 1.25. The number of nitrogens with zero attached hydrogens (tertiary/aromatic N) is 2. The molecular weight excluding hydrogens is 252 g/mol. The van der Waals surface area contributed by atoms with E-state index in [0.29, 0.717) is 19.6 Å². The highest BCUT2D eigenvalue weighted by molar-refractivity contribution is 5.85. The highest BCUT2D eigenvalue weighted by atomic mass is 16.5. The monoisotopic (exact) mass is 272 g/mol. The summed E-state index contributed by atoms with van der Waals surface area (Å²) in [7, 11) is 2.05. The summed E-state index contributed by atoms with van der Waals surface area (Å²) in [6.45, 7) is 2.79. The minimum atomic E-state index is 0.237. The minimum absolute atomic E-state index is 0.237. The Kier molecular flexibility index (Phi) is 3.74. The van der Waals surface area contributed by atoms with Gasteiger partial charge in [-0.25, -0.2) is 0 Å². The van der Waals surface area contributed by atoms with Gasteiger partial charge >= 0.3 is 0 Å². The van der Waals surface area contributed by atoms with Crippen molar-refractivity contribution in [2.24, 2.45) is 7.05 Å². The van der Waals surface area contributed by atoms with Gasteiger partial charge in [-0.2, -0.15) is 0 Å². The molecule has 0 saturated carbocycles. The number of hydrogen-bond acceptors (Lipinski definition) is 2. The summed E-state index contributed by atoms with van der Waals surface area (Å²) in [5.41, 5.74) is 2.48. The molecule has 1 aromatic carbocycles. The molecule has 20 heavy (non-hydrogen) atoms. The van der Waals surface area contributed by atoms with Crippen molar-refractivity contribution in [1.29, 1.82) is 0 Å². The number of benzene rings is 1. The summed E-state index contributed by atoms with van der Waals surface area (Å²) in [4.78, 5) is 14.1. The highest BCUT2D eigenvalue weighted by Crippen LogP contribution is 2.21. The van der Waals surface area contributed by atoms with Gasteiger partial charge in [0, 0.05) is 43.7 Å². The summed E-state index contributed by atoms with van der Waals surface area (Å²) in [6.07, 6.45) is 3.52. The first-order chi connectivity index (χ1) is 9.75. The van der Waals surface area contributed by atoms with Crippen molar-refractivity contribution >= 4 is 16.8 Å². The Bertz CT molecular complexity index is 612. The van der Waals surface area contributed by atoms with Crippen LogP contribution in [0.5, 0.6) is 0 Å². The summed E-state index contributed by atoms with van der Waals surface area (Å²) >= 11 is 0. The van der Waals surface area contributed by atoms with E-state index < -0.39 is 0 Å². The normalized spacial score (nSPS) is 15.8. The Morgan fingerprint density at radius 1 is 1.25 bits per heavy atom. The number of para-hydroxylation sites is 1. The van der Waals surface area contributed by atoms with Gasteiger partial charge in [0.1, 0.15) is 0 Å². The Morgan fingerprint density at radius 2 is 2.00 bits per heavy atom. The van der Waals surface area contributed by atoms with Gasteiger partial charge in [0.25, 0.3) is 0 Å². The summed E-state index contributed by atoms with van der Waals surface area (Å²) < 4.78 is 7.41. The number of ether oxygens (including phenoxy) is 1. The molecule has 1 aliphatic rings. The van der Waals surface area contributed by atoms with Gasteiger partial charge in [0.2, 0.25) is 5.91 Å². The summed E-state index contributed by atoms with van der Waals surface area (Å²) in [5.74, 6) is 0.237. The predicted molar refractivity (Wildman–Crippen MR) is 78.6 cm³/mol. The van der Waals surface area contributed by atoms with Crippen molar-refractivity contribution in [3.63, 3.8) is 0 Å². The fraction of sp³-hybridized carbons (Fsp3) is 0.438. The zero-order valence-corrected chi connectivity index (χ0v) is 11.8. The summed E-state index contributed by atoms with van der Waals surface area (Å²) in [6, 6.07) is 8.34.